The molecule has 3 rings (SSSR count). The predicted molar refractivity (Wildman–Crippen MR) is 90.5 cm³/mol. The molecule has 2 heterocycles. The third-order valence-electron chi connectivity index (χ3n) is 4.55. The van der Waals surface area contributed by atoms with Crippen LogP contribution in [-0.2, 0) is 13.5 Å². The summed E-state index contributed by atoms with van der Waals surface area (Å²) in [4.78, 5) is 26.6. The SMILES string of the molecule is Cn1ccc(C(=O)N2CCCC[C@H]2Cc2ccccc2)cc1=O. The quantitative estimate of drug-likeness (QED) is 0.874. The number of benzene rings is 1. The van der Waals surface area contributed by atoms with Crippen LogP contribution in [0.1, 0.15) is 35.2 Å². The van der Waals surface area contributed by atoms with Crippen LogP contribution in [-0.4, -0.2) is 28.0 Å². The number of piperidine rings is 1. The Morgan fingerprint density at radius 2 is 1.96 bits per heavy atom. The summed E-state index contributed by atoms with van der Waals surface area (Å²) >= 11 is 0. The molecule has 2 aromatic rings. The minimum absolute atomic E-state index is 0.0247. The molecule has 0 saturated carbocycles. The van der Waals surface area contributed by atoms with Crippen LogP contribution in [0.3, 0.4) is 0 Å². The van der Waals surface area contributed by atoms with E-state index in [4.69, 9.17) is 0 Å². The zero-order chi connectivity index (χ0) is 16.2. The van der Waals surface area contributed by atoms with Gasteiger partial charge in [0.05, 0.1) is 0 Å². The molecule has 4 nitrogen and oxygen atoms in total. The second-order valence-electron chi connectivity index (χ2n) is 6.20. The summed E-state index contributed by atoms with van der Waals surface area (Å²) in [6, 6.07) is 13.7. The van der Waals surface area contributed by atoms with Crippen molar-refractivity contribution in [1.82, 2.24) is 9.47 Å². The van der Waals surface area contributed by atoms with Gasteiger partial charge in [-0.1, -0.05) is 30.3 Å². The Morgan fingerprint density at radius 3 is 2.70 bits per heavy atom. The maximum Gasteiger partial charge on any atom is 0.254 e. The highest BCUT2D eigenvalue weighted by molar-refractivity contribution is 5.94. The fourth-order valence-corrected chi connectivity index (χ4v) is 3.21. The predicted octanol–water partition coefficient (Wildman–Crippen LogP) is 2.62. The van der Waals surface area contributed by atoms with Crippen molar-refractivity contribution in [3.8, 4) is 0 Å². The van der Waals surface area contributed by atoms with Crippen molar-refractivity contribution in [1.29, 1.82) is 0 Å². The lowest BCUT2D eigenvalue weighted by Crippen LogP contribution is -2.45. The Bertz CT molecular complexity index is 737. The van der Waals surface area contributed by atoms with E-state index in [1.807, 2.05) is 23.1 Å². The summed E-state index contributed by atoms with van der Waals surface area (Å²) in [6.07, 6.45) is 5.73. The van der Waals surface area contributed by atoms with Gasteiger partial charge in [-0.3, -0.25) is 9.59 Å². The minimum atomic E-state index is -0.146. The van der Waals surface area contributed by atoms with E-state index in [9.17, 15) is 9.59 Å². The van der Waals surface area contributed by atoms with Crippen LogP contribution in [0.5, 0.6) is 0 Å². The summed E-state index contributed by atoms with van der Waals surface area (Å²) < 4.78 is 1.48. The number of likely N-dealkylation sites (tertiary alicyclic amines) is 1. The number of carbonyl (C=O) groups excluding carboxylic acids is 1. The van der Waals surface area contributed by atoms with Crippen LogP contribution in [0.15, 0.2) is 53.5 Å². The average molecular weight is 310 g/mol. The smallest absolute Gasteiger partial charge is 0.254 e. The van der Waals surface area contributed by atoms with Crippen molar-refractivity contribution < 1.29 is 4.79 Å². The van der Waals surface area contributed by atoms with Crippen LogP contribution < -0.4 is 5.56 Å². The molecule has 23 heavy (non-hydrogen) atoms. The molecule has 1 fully saturated rings. The highest BCUT2D eigenvalue weighted by Gasteiger charge is 2.27. The molecule has 1 aliphatic rings. The zero-order valence-corrected chi connectivity index (χ0v) is 13.4. The fraction of sp³-hybridized carbons (Fsp3) is 0.368. The number of pyridine rings is 1. The van der Waals surface area contributed by atoms with Crippen molar-refractivity contribution >= 4 is 5.91 Å². The second-order valence-corrected chi connectivity index (χ2v) is 6.20. The van der Waals surface area contributed by atoms with Gasteiger partial charge in [-0.2, -0.15) is 0 Å². The molecule has 0 aliphatic carbocycles. The lowest BCUT2D eigenvalue weighted by molar-refractivity contribution is 0.0613. The van der Waals surface area contributed by atoms with Crippen molar-refractivity contribution in [2.75, 3.05) is 6.54 Å². The van der Waals surface area contributed by atoms with Crippen LogP contribution >= 0.6 is 0 Å². The normalized spacial score (nSPS) is 18.0. The first-order valence-corrected chi connectivity index (χ1v) is 8.17. The Kier molecular flexibility index (Phi) is 4.60. The molecule has 0 bridgehead atoms. The molecule has 4 heteroatoms. The molecule has 1 aliphatic heterocycles. The Morgan fingerprint density at radius 1 is 1.17 bits per heavy atom. The summed E-state index contributed by atoms with van der Waals surface area (Å²) in [5.74, 6) is -0.0247. The van der Waals surface area contributed by atoms with Gasteiger partial charge in [-0.15, -0.1) is 0 Å². The minimum Gasteiger partial charge on any atom is -0.335 e. The van der Waals surface area contributed by atoms with E-state index in [0.717, 1.165) is 32.2 Å². The van der Waals surface area contributed by atoms with Gasteiger partial charge < -0.3 is 9.47 Å². The average Bonchev–Trinajstić information content (AvgIpc) is 2.58. The van der Waals surface area contributed by atoms with Crippen molar-refractivity contribution in [3.63, 3.8) is 0 Å². The molecule has 1 atom stereocenters. The van der Waals surface area contributed by atoms with Gasteiger partial charge in [-0.25, -0.2) is 0 Å². The number of aryl methyl sites for hydroxylation is 1. The number of carbonyl (C=O) groups is 1. The Balaban J connectivity index is 1.81. The number of nitrogens with zero attached hydrogens (tertiary/aromatic N) is 2. The van der Waals surface area contributed by atoms with Gasteiger partial charge in [0.15, 0.2) is 0 Å². The monoisotopic (exact) mass is 310 g/mol. The first-order valence-electron chi connectivity index (χ1n) is 8.17. The van der Waals surface area contributed by atoms with Crippen LogP contribution in [0.2, 0.25) is 0 Å². The van der Waals surface area contributed by atoms with Crippen LogP contribution in [0.4, 0.5) is 0 Å². The van der Waals surface area contributed by atoms with Crippen LogP contribution in [0, 0.1) is 0 Å². The van der Waals surface area contributed by atoms with E-state index in [0.29, 0.717) is 5.56 Å². The lowest BCUT2D eigenvalue weighted by atomic mass is 9.95. The maximum absolute atomic E-state index is 12.8. The standard InChI is InChI=1S/C19H22N2O2/c1-20-12-10-16(14-18(20)22)19(23)21-11-6-5-9-17(21)13-15-7-3-2-4-8-15/h2-4,7-8,10,12,14,17H,5-6,9,11,13H2,1H3/t17-/m0/s1. The summed E-state index contributed by atoms with van der Waals surface area (Å²) in [6.45, 7) is 0.769. The van der Waals surface area contributed by atoms with E-state index >= 15 is 0 Å². The van der Waals surface area contributed by atoms with Crippen molar-refractivity contribution in [3.05, 3.63) is 70.1 Å². The molecular formula is C19H22N2O2. The molecular weight excluding hydrogens is 288 g/mol. The molecule has 1 saturated heterocycles. The van der Waals surface area contributed by atoms with Gasteiger partial charge in [0.2, 0.25) is 0 Å². The van der Waals surface area contributed by atoms with E-state index < -0.39 is 0 Å². The summed E-state index contributed by atoms with van der Waals surface area (Å²) in [5, 5.41) is 0. The topological polar surface area (TPSA) is 42.3 Å². The van der Waals surface area contributed by atoms with E-state index in [1.54, 1.807) is 19.3 Å². The maximum atomic E-state index is 12.8. The summed E-state index contributed by atoms with van der Waals surface area (Å²) in [7, 11) is 1.69. The first-order chi connectivity index (χ1) is 11.1. The number of hydrogen-bond acceptors (Lipinski definition) is 2. The van der Waals surface area contributed by atoms with Gasteiger partial charge in [0.25, 0.3) is 11.5 Å². The van der Waals surface area contributed by atoms with Crippen molar-refractivity contribution in [2.24, 2.45) is 7.05 Å². The Labute approximate surface area is 136 Å². The highest BCUT2D eigenvalue weighted by atomic mass is 16.2. The lowest BCUT2D eigenvalue weighted by Gasteiger charge is -2.36. The number of amides is 1. The highest BCUT2D eigenvalue weighted by Crippen LogP contribution is 2.22. The van der Waals surface area contributed by atoms with E-state index in [2.05, 4.69) is 12.1 Å². The number of aromatic nitrogens is 1. The molecule has 1 aromatic carbocycles. The largest absolute Gasteiger partial charge is 0.335 e. The van der Waals surface area contributed by atoms with E-state index in [-0.39, 0.29) is 17.5 Å². The van der Waals surface area contributed by atoms with Crippen molar-refractivity contribution in [2.45, 2.75) is 31.7 Å². The molecule has 0 N–H and O–H groups in total. The third kappa shape index (κ3) is 3.52. The molecule has 0 radical (unpaired) electrons. The fourth-order valence-electron chi connectivity index (χ4n) is 3.21. The zero-order valence-electron chi connectivity index (χ0n) is 13.4. The molecule has 1 amide bonds. The number of hydrogen-bond donors (Lipinski definition) is 0. The number of rotatable bonds is 3. The van der Waals surface area contributed by atoms with Gasteiger partial charge in [0.1, 0.15) is 0 Å². The van der Waals surface area contributed by atoms with E-state index in [1.165, 1.54) is 16.2 Å². The molecule has 120 valence electrons. The van der Waals surface area contributed by atoms with Gasteiger partial charge >= 0.3 is 0 Å². The third-order valence-corrected chi connectivity index (χ3v) is 4.55. The molecule has 1 aromatic heterocycles. The summed E-state index contributed by atoms with van der Waals surface area (Å²) in [5.41, 5.74) is 1.60. The first kappa shape index (κ1) is 15.5. The molecule has 0 unspecified atom stereocenters. The second kappa shape index (κ2) is 6.82. The Hall–Kier alpha value is -2.36. The molecule has 0 spiro atoms. The van der Waals surface area contributed by atoms with Crippen LogP contribution in [0.25, 0.3) is 0 Å². The van der Waals surface area contributed by atoms with Gasteiger partial charge in [0, 0.05) is 37.5 Å². The van der Waals surface area contributed by atoms with Gasteiger partial charge in [-0.05, 0) is 37.3 Å².